The fourth-order valence-corrected chi connectivity index (χ4v) is 1.77. The molecule has 0 aliphatic heterocycles. The number of rotatable bonds is 0. The normalized spacial score (nSPS) is 11.1. The molecule has 0 aliphatic carbocycles. The molecular formula is C11H8N2O. The first kappa shape index (κ1) is 7.38. The van der Waals surface area contributed by atoms with Gasteiger partial charge in [0.1, 0.15) is 5.65 Å². The Bertz CT molecular complexity index is 663. The molecule has 0 atom stereocenters. The van der Waals surface area contributed by atoms with E-state index in [1.807, 2.05) is 24.3 Å². The van der Waals surface area contributed by atoms with Crippen molar-refractivity contribution in [1.29, 1.82) is 0 Å². The van der Waals surface area contributed by atoms with Crippen molar-refractivity contribution in [2.75, 3.05) is 0 Å². The van der Waals surface area contributed by atoms with E-state index >= 15 is 0 Å². The number of pyridine rings is 1. The Kier molecular flexibility index (Phi) is 1.31. The summed E-state index contributed by atoms with van der Waals surface area (Å²) in [6.45, 7) is 0. The Morgan fingerprint density at radius 2 is 2.07 bits per heavy atom. The summed E-state index contributed by atoms with van der Waals surface area (Å²) in [4.78, 5) is 14.7. The number of H-pyrrole nitrogens is 1. The third-order valence-corrected chi connectivity index (χ3v) is 2.42. The molecule has 0 spiro atoms. The van der Waals surface area contributed by atoms with Crippen LogP contribution in [0.3, 0.4) is 0 Å². The highest BCUT2D eigenvalue weighted by atomic mass is 16.1. The lowest BCUT2D eigenvalue weighted by molar-refractivity contribution is 1.13. The first-order valence-corrected chi connectivity index (χ1v) is 4.44. The van der Waals surface area contributed by atoms with E-state index in [0.29, 0.717) is 0 Å². The summed E-state index contributed by atoms with van der Waals surface area (Å²) < 4.78 is 1.61. The molecule has 0 amide bonds. The van der Waals surface area contributed by atoms with Gasteiger partial charge in [0.05, 0.1) is 0 Å². The summed E-state index contributed by atoms with van der Waals surface area (Å²) in [5.74, 6) is 0. The van der Waals surface area contributed by atoms with Gasteiger partial charge in [0.15, 0.2) is 0 Å². The van der Waals surface area contributed by atoms with Crippen LogP contribution >= 0.6 is 0 Å². The Labute approximate surface area is 79.6 Å². The molecule has 3 heteroatoms. The van der Waals surface area contributed by atoms with Crippen molar-refractivity contribution in [2.24, 2.45) is 0 Å². The SMILES string of the molecule is O=c1cc2ccccc2c2[nH]ccn12. The molecule has 0 fully saturated rings. The minimum absolute atomic E-state index is 0.0000463. The number of hydrogen-bond acceptors (Lipinski definition) is 1. The van der Waals surface area contributed by atoms with Gasteiger partial charge < -0.3 is 4.98 Å². The van der Waals surface area contributed by atoms with Crippen molar-refractivity contribution < 1.29 is 0 Å². The van der Waals surface area contributed by atoms with Gasteiger partial charge in [0.25, 0.3) is 5.56 Å². The minimum Gasteiger partial charge on any atom is -0.346 e. The topological polar surface area (TPSA) is 37.3 Å². The molecule has 0 saturated heterocycles. The molecule has 3 rings (SSSR count). The monoisotopic (exact) mass is 184 g/mol. The molecule has 3 aromatic rings. The van der Waals surface area contributed by atoms with Crippen molar-refractivity contribution >= 4 is 16.4 Å². The van der Waals surface area contributed by atoms with Gasteiger partial charge in [-0.1, -0.05) is 24.3 Å². The van der Waals surface area contributed by atoms with Gasteiger partial charge in [-0.2, -0.15) is 0 Å². The third kappa shape index (κ3) is 0.836. The van der Waals surface area contributed by atoms with Gasteiger partial charge in [0.2, 0.25) is 0 Å². The molecule has 3 nitrogen and oxygen atoms in total. The van der Waals surface area contributed by atoms with E-state index in [4.69, 9.17) is 0 Å². The highest BCUT2D eigenvalue weighted by Gasteiger charge is 2.02. The largest absolute Gasteiger partial charge is 0.346 e. The molecule has 0 unspecified atom stereocenters. The number of aromatic amines is 1. The number of benzene rings is 1. The van der Waals surface area contributed by atoms with E-state index in [-0.39, 0.29) is 5.56 Å². The van der Waals surface area contributed by atoms with E-state index in [9.17, 15) is 4.79 Å². The lowest BCUT2D eigenvalue weighted by atomic mass is 10.2. The first-order chi connectivity index (χ1) is 6.86. The lowest BCUT2D eigenvalue weighted by Gasteiger charge is -1.98. The van der Waals surface area contributed by atoms with Crippen LogP contribution in [0.4, 0.5) is 0 Å². The van der Waals surface area contributed by atoms with Crippen LogP contribution in [-0.2, 0) is 0 Å². The molecule has 14 heavy (non-hydrogen) atoms. The maximum atomic E-state index is 11.6. The van der Waals surface area contributed by atoms with Crippen LogP contribution in [0.2, 0.25) is 0 Å². The number of nitrogens with one attached hydrogen (secondary N) is 1. The number of imidazole rings is 1. The number of aromatic nitrogens is 2. The maximum Gasteiger partial charge on any atom is 0.256 e. The van der Waals surface area contributed by atoms with E-state index in [1.165, 1.54) is 0 Å². The van der Waals surface area contributed by atoms with Crippen LogP contribution in [-0.4, -0.2) is 9.38 Å². The summed E-state index contributed by atoms with van der Waals surface area (Å²) in [7, 11) is 0. The van der Waals surface area contributed by atoms with Gasteiger partial charge in [-0.05, 0) is 5.39 Å². The molecule has 1 N–H and O–H groups in total. The van der Waals surface area contributed by atoms with Gasteiger partial charge in [-0.25, -0.2) is 0 Å². The fourth-order valence-electron chi connectivity index (χ4n) is 1.77. The Morgan fingerprint density at radius 3 is 3.00 bits per heavy atom. The second-order valence-corrected chi connectivity index (χ2v) is 3.25. The van der Waals surface area contributed by atoms with Crippen molar-refractivity contribution in [2.45, 2.75) is 0 Å². The second kappa shape index (κ2) is 2.48. The summed E-state index contributed by atoms with van der Waals surface area (Å²) in [5, 5.41) is 2.04. The van der Waals surface area contributed by atoms with E-state index in [1.54, 1.807) is 22.9 Å². The maximum absolute atomic E-state index is 11.6. The molecule has 2 aromatic heterocycles. The van der Waals surface area contributed by atoms with Gasteiger partial charge >= 0.3 is 0 Å². The first-order valence-electron chi connectivity index (χ1n) is 4.44. The van der Waals surface area contributed by atoms with Crippen LogP contribution in [0.5, 0.6) is 0 Å². The number of fused-ring (bicyclic) bond motifs is 3. The molecule has 0 radical (unpaired) electrons. The van der Waals surface area contributed by atoms with Gasteiger partial charge in [-0.15, -0.1) is 0 Å². The number of hydrogen-bond donors (Lipinski definition) is 1. The van der Waals surface area contributed by atoms with Crippen molar-refractivity contribution in [1.82, 2.24) is 9.38 Å². The molecule has 2 heterocycles. The summed E-state index contributed by atoms with van der Waals surface area (Å²) in [6, 6.07) is 9.49. The number of nitrogens with zero attached hydrogens (tertiary/aromatic N) is 1. The molecule has 0 aliphatic rings. The van der Waals surface area contributed by atoms with E-state index < -0.39 is 0 Å². The Morgan fingerprint density at radius 1 is 1.21 bits per heavy atom. The zero-order valence-electron chi connectivity index (χ0n) is 7.40. The van der Waals surface area contributed by atoms with Crippen LogP contribution < -0.4 is 5.56 Å². The van der Waals surface area contributed by atoms with Crippen molar-refractivity contribution in [3.05, 3.63) is 53.1 Å². The Balaban J connectivity index is 2.73. The average molecular weight is 184 g/mol. The van der Waals surface area contributed by atoms with Crippen molar-refractivity contribution in [3.63, 3.8) is 0 Å². The van der Waals surface area contributed by atoms with Gasteiger partial charge in [-0.3, -0.25) is 9.20 Å². The highest BCUT2D eigenvalue weighted by Crippen LogP contribution is 2.15. The standard InChI is InChI=1S/C11H8N2O/c14-10-7-8-3-1-2-4-9(8)11-12-5-6-13(10)11/h1-7,12H. The van der Waals surface area contributed by atoms with Crippen LogP contribution in [0.1, 0.15) is 0 Å². The van der Waals surface area contributed by atoms with Crippen molar-refractivity contribution in [3.8, 4) is 0 Å². The predicted octanol–water partition coefficient (Wildman–Crippen LogP) is 1.78. The summed E-state index contributed by atoms with van der Waals surface area (Å²) in [5.41, 5.74) is 0.855. The highest BCUT2D eigenvalue weighted by molar-refractivity contribution is 5.93. The minimum atomic E-state index is -0.0000463. The van der Waals surface area contributed by atoms with E-state index in [2.05, 4.69) is 4.98 Å². The fraction of sp³-hybridized carbons (Fsp3) is 0. The summed E-state index contributed by atoms with van der Waals surface area (Å²) >= 11 is 0. The molecule has 0 saturated carbocycles. The Hall–Kier alpha value is -2.03. The van der Waals surface area contributed by atoms with Gasteiger partial charge in [0, 0.05) is 23.8 Å². The zero-order chi connectivity index (χ0) is 9.54. The predicted molar refractivity (Wildman–Crippen MR) is 55.5 cm³/mol. The van der Waals surface area contributed by atoms with Crippen LogP contribution in [0.15, 0.2) is 47.5 Å². The average Bonchev–Trinajstić information content (AvgIpc) is 2.67. The lowest BCUT2D eigenvalue weighted by Crippen LogP contribution is -2.09. The third-order valence-electron chi connectivity index (χ3n) is 2.42. The quantitative estimate of drug-likeness (QED) is 0.568. The summed E-state index contributed by atoms with van der Waals surface area (Å²) in [6.07, 6.45) is 3.51. The molecule has 0 bridgehead atoms. The molecule has 68 valence electrons. The van der Waals surface area contributed by atoms with Crippen LogP contribution in [0.25, 0.3) is 16.4 Å². The molecule has 1 aromatic carbocycles. The molecular weight excluding hydrogens is 176 g/mol. The van der Waals surface area contributed by atoms with E-state index in [0.717, 1.165) is 16.4 Å². The smallest absolute Gasteiger partial charge is 0.256 e. The second-order valence-electron chi connectivity index (χ2n) is 3.25. The van der Waals surface area contributed by atoms with Crippen LogP contribution in [0, 0.1) is 0 Å². The zero-order valence-corrected chi connectivity index (χ0v) is 7.40.